The molecule has 0 aromatic heterocycles. The molecule has 6 heteroatoms. The van der Waals surface area contributed by atoms with Crippen molar-refractivity contribution in [3.05, 3.63) is 63.1 Å². The second-order valence-electron chi connectivity index (χ2n) is 4.06. The van der Waals surface area contributed by atoms with Crippen molar-refractivity contribution in [1.82, 2.24) is 0 Å². The molecule has 0 aliphatic carbocycles. The number of hydrogen-bond donors (Lipinski definition) is 1. The average molecular weight is 361 g/mol. The minimum atomic E-state index is -0.745. The van der Waals surface area contributed by atoms with E-state index in [4.69, 9.17) is 11.6 Å². The van der Waals surface area contributed by atoms with Gasteiger partial charge in [-0.15, -0.1) is 0 Å². The number of anilines is 1. The van der Waals surface area contributed by atoms with Crippen molar-refractivity contribution in [3.8, 4) is 0 Å². The molecule has 0 aliphatic rings. The first-order chi connectivity index (χ1) is 9.47. The van der Waals surface area contributed by atoms with Gasteiger partial charge in [0.15, 0.2) is 0 Å². The monoisotopic (exact) mass is 359 g/mol. The fourth-order valence-corrected chi connectivity index (χ4v) is 2.17. The molecule has 0 atom stereocenters. The van der Waals surface area contributed by atoms with Gasteiger partial charge in [0.25, 0.3) is 0 Å². The summed E-state index contributed by atoms with van der Waals surface area (Å²) in [5.74, 6) is -1.84. The van der Waals surface area contributed by atoms with E-state index in [9.17, 15) is 13.6 Å². The van der Waals surface area contributed by atoms with E-state index in [2.05, 4.69) is 21.2 Å². The number of hydrogen-bond acceptors (Lipinski definition) is 1. The van der Waals surface area contributed by atoms with E-state index in [0.717, 1.165) is 12.1 Å². The minimum Gasteiger partial charge on any atom is -0.325 e. The zero-order chi connectivity index (χ0) is 14.7. The molecule has 0 spiro atoms. The normalized spacial score (nSPS) is 10.4. The number of benzene rings is 2. The number of nitrogens with one attached hydrogen (secondary N) is 1. The quantitative estimate of drug-likeness (QED) is 0.854. The SMILES string of the molecule is O=C(Cc1ccc(F)cc1F)Nc1cccc(Cl)c1Br. The third-order valence-electron chi connectivity index (χ3n) is 2.59. The summed E-state index contributed by atoms with van der Waals surface area (Å²) in [6.45, 7) is 0. The van der Waals surface area contributed by atoms with Gasteiger partial charge in [0, 0.05) is 6.07 Å². The third kappa shape index (κ3) is 3.55. The molecular formula is C14H9BrClF2NO. The minimum absolute atomic E-state index is 0.127. The summed E-state index contributed by atoms with van der Waals surface area (Å²) in [7, 11) is 0. The summed E-state index contributed by atoms with van der Waals surface area (Å²) < 4.78 is 26.8. The standard InChI is InChI=1S/C14H9BrClF2NO/c15-14-10(16)2-1-3-12(14)19-13(20)6-8-4-5-9(17)7-11(8)18/h1-5,7H,6H2,(H,19,20). The molecule has 2 aromatic carbocycles. The van der Waals surface area contributed by atoms with E-state index >= 15 is 0 Å². The first kappa shape index (κ1) is 14.9. The van der Waals surface area contributed by atoms with Crippen LogP contribution >= 0.6 is 27.5 Å². The molecule has 2 rings (SSSR count). The summed E-state index contributed by atoms with van der Waals surface area (Å²) in [4.78, 5) is 11.8. The van der Waals surface area contributed by atoms with E-state index in [-0.39, 0.29) is 12.0 Å². The van der Waals surface area contributed by atoms with Crippen LogP contribution in [0.1, 0.15) is 5.56 Å². The number of halogens is 4. The van der Waals surface area contributed by atoms with Gasteiger partial charge < -0.3 is 5.32 Å². The fraction of sp³-hybridized carbons (Fsp3) is 0.0714. The Morgan fingerprint density at radius 3 is 2.70 bits per heavy atom. The molecular weight excluding hydrogens is 352 g/mol. The fourth-order valence-electron chi connectivity index (χ4n) is 1.63. The van der Waals surface area contributed by atoms with Crippen LogP contribution in [-0.4, -0.2) is 5.91 Å². The first-order valence-corrected chi connectivity index (χ1v) is 6.82. The summed E-state index contributed by atoms with van der Waals surface area (Å²) in [5, 5.41) is 3.07. The topological polar surface area (TPSA) is 29.1 Å². The van der Waals surface area contributed by atoms with E-state index in [1.807, 2.05) is 0 Å². The Kier molecular flexibility index (Phi) is 4.73. The van der Waals surface area contributed by atoms with Crippen LogP contribution in [0.15, 0.2) is 40.9 Å². The molecule has 0 unspecified atom stereocenters. The van der Waals surface area contributed by atoms with Crippen LogP contribution in [0.4, 0.5) is 14.5 Å². The highest BCUT2D eigenvalue weighted by Crippen LogP contribution is 2.30. The van der Waals surface area contributed by atoms with Gasteiger partial charge >= 0.3 is 0 Å². The predicted molar refractivity (Wildman–Crippen MR) is 77.8 cm³/mol. The lowest BCUT2D eigenvalue weighted by Crippen LogP contribution is -2.15. The Hall–Kier alpha value is -1.46. The van der Waals surface area contributed by atoms with Crippen LogP contribution in [0.3, 0.4) is 0 Å². The van der Waals surface area contributed by atoms with Crippen molar-refractivity contribution in [2.45, 2.75) is 6.42 Å². The molecule has 104 valence electrons. The molecule has 2 aromatic rings. The van der Waals surface area contributed by atoms with Crippen molar-refractivity contribution in [1.29, 1.82) is 0 Å². The van der Waals surface area contributed by atoms with Crippen LogP contribution in [0.25, 0.3) is 0 Å². The summed E-state index contributed by atoms with van der Waals surface area (Å²) in [6.07, 6.45) is -0.189. The van der Waals surface area contributed by atoms with Crippen molar-refractivity contribution >= 4 is 39.1 Å². The highest BCUT2D eigenvalue weighted by molar-refractivity contribution is 9.10. The Labute approximate surface area is 127 Å². The van der Waals surface area contributed by atoms with Gasteiger partial charge in [-0.05, 0) is 39.7 Å². The Morgan fingerprint density at radius 1 is 1.25 bits per heavy atom. The van der Waals surface area contributed by atoms with Crippen LogP contribution < -0.4 is 5.32 Å². The van der Waals surface area contributed by atoms with Gasteiger partial charge in [-0.1, -0.05) is 23.7 Å². The summed E-state index contributed by atoms with van der Waals surface area (Å²) >= 11 is 9.15. The lowest BCUT2D eigenvalue weighted by atomic mass is 10.1. The van der Waals surface area contributed by atoms with Gasteiger partial charge in [-0.2, -0.15) is 0 Å². The molecule has 1 amide bonds. The van der Waals surface area contributed by atoms with Crippen LogP contribution in [0, 0.1) is 11.6 Å². The first-order valence-electron chi connectivity index (χ1n) is 5.65. The van der Waals surface area contributed by atoms with E-state index < -0.39 is 17.5 Å². The smallest absolute Gasteiger partial charge is 0.228 e. The molecule has 0 radical (unpaired) electrons. The van der Waals surface area contributed by atoms with Crippen molar-refractivity contribution in [2.75, 3.05) is 5.32 Å². The Morgan fingerprint density at radius 2 is 2.00 bits per heavy atom. The van der Waals surface area contributed by atoms with Crippen molar-refractivity contribution < 1.29 is 13.6 Å². The van der Waals surface area contributed by atoms with Crippen LogP contribution in [0.2, 0.25) is 5.02 Å². The molecule has 2 nitrogen and oxygen atoms in total. The molecule has 0 aliphatic heterocycles. The molecule has 0 saturated carbocycles. The molecule has 0 fully saturated rings. The Balaban J connectivity index is 2.11. The molecule has 0 saturated heterocycles. The van der Waals surface area contributed by atoms with Gasteiger partial charge in [-0.25, -0.2) is 8.78 Å². The van der Waals surface area contributed by atoms with Crippen molar-refractivity contribution in [3.63, 3.8) is 0 Å². The van der Waals surface area contributed by atoms with Crippen molar-refractivity contribution in [2.24, 2.45) is 0 Å². The highest BCUT2D eigenvalue weighted by Gasteiger charge is 2.11. The van der Waals surface area contributed by atoms with Gasteiger partial charge in [0.1, 0.15) is 11.6 Å². The van der Waals surface area contributed by atoms with E-state index in [1.54, 1.807) is 18.2 Å². The largest absolute Gasteiger partial charge is 0.325 e. The summed E-state index contributed by atoms with van der Waals surface area (Å²) in [6, 6.07) is 8.12. The van der Waals surface area contributed by atoms with Gasteiger partial charge in [0.2, 0.25) is 5.91 Å². The number of carbonyl (C=O) groups is 1. The second kappa shape index (κ2) is 6.33. The molecule has 0 heterocycles. The van der Waals surface area contributed by atoms with Crippen LogP contribution in [0.5, 0.6) is 0 Å². The van der Waals surface area contributed by atoms with E-state index in [0.29, 0.717) is 15.2 Å². The zero-order valence-electron chi connectivity index (χ0n) is 10.1. The van der Waals surface area contributed by atoms with Gasteiger partial charge in [0.05, 0.1) is 21.6 Å². The third-order valence-corrected chi connectivity index (χ3v) is 3.99. The lowest BCUT2D eigenvalue weighted by Gasteiger charge is -2.09. The number of rotatable bonds is 3. The van der Waals surface area contributed by atoms with E-state index in [1.165, 1.54) is 6.07 Å². The van der Waals surface area contributed by atoms with Gasteiger partial charge in [-0.3, -0.25) is 4.79 Å². The average Bonchev–Trinajstić information content (AvgIpc) is 2.38. The number of carbonyl (C=O) groups excluding carboxylic acids is 1. The lowest BCUT2D eigenvalue weighted by molar-refractivity contribution is -0.115. The van der Waals surface area contributed by atoms with Crippen LogP contribution in [-0.2, 0) is 11.2 Å². The molecule has 0 bridgehead atoms. The molecule has 20 heavy (non-hydrogen) atoms. The Bertz CT molecular complexity index is 664. The highest BCUT2D eigenvalue weighted by atomic mass is 79.9. The predicted octanol–water partition coefficient (Wildman–Crippen LogP) is 4.56. The maximum absolute atomic E-state index is 13.4. The summed E-state index contributed by atoms with van der Waals surface area (Å²) in [5.41, 5.74) is 0.618. The zero-order valence-corrected chi connectivity index (χ0v) is 12.4. The second-order valence-corrected chi connectivity index (χ2v) is 5.26. The molecule has 1 N–H and O–H groups in total. The maximum atomic E-state index is 13.4. The number of amides is 1. The maximum Gasteiger partial charge on any atom is 0.228 e.